The summed E-state index contributed by atoms with van der Waals surface area (Å²) in [4.78, 5) is 25.3. The van der Waals surface area contributed by atoms with Gasteiger partial charge in [-0.1, -0.05) is 0 Å². The molecule has 5 rings (SSSR count). The maximum absolute atomic E-state index is 13.0. The second-order valence-corrected chi connectivity index (χ2v) is 9.07. The fraction of sp³-hybridized carbons (Fsp3) is 0.591. The summed E-state index contributed by atoms with van der Waals surface area (Å²) in [5.41, 5.74) is 2.74. The number of ether oxygens (including phenoxy) is 1. The lowest BCUT2D eigenvalue weighted by Crippen LogP contribution is -2.56. The third-order valence-electron chi connectivity index (χ3n) is 6.75. The number of carbonyl (C=O) groups excluding carboxylic acids is 2. The number of amides is 2. The lowest BCUT2D eigenvalue weighted by atomic mass is 9.49. The van der Waals surface area contributed by atoms with Crippen molar-refractivity contribution in [2.45, 2.75) is 58.1 Å². The number of alkyl halides is 2. The minimum atomic E-state index is -2.88. The van der Waals surface area contributed by atoms with E-state index in [-0.39, 0.29) is 17.1 Å². The number of benzene rings is 1. The molecule has 162 valence electrons. The average Bonchev–Trinajstić information content (AvgIpc) is 2.67. The highest BCUT2D eigenvalue weighted by molar-refractivity contribution is 5.90. The van der Waals surface area contributed by atoms with Gasteiger partial charge in [0.25, 0.3) is 5.91 Å². The number of hydrogen-bond donors (Lipinski definition) is 2. The number of hydrogen-bond acceptors (Lipinski definition) is 4. The van der Waals surface area contributed by atoms with E-state index in [9.17, 15) is 18.4 Å². The molecule has 0 aliphatic heterocycles. The van der Waals surface area contributed by atoms with Crippen molar-refractivity contribution in [2.75, 3.05) is 0 Å². The van der Waals surface area contributed by atoms with Crippen molar-refractivity contribution < 1.29 is 23.1 Å². The van der Waals surface area contributed by atoms with Gasteiger partial charge in [-0.2, -0.15) is 13.9 Å². The van der Waals surface area contributed by atoms with Crippen molar-refractivity contribution in [3.63, 3.8) is 0 Å². The number of nitrogens with zero attached hydrogens (tertiary/aromatic N) is 1. The van der Waals surface area contributed by atoms with Crippen LogP contribution in [0, 0.1) is 23.2 Å². The second kappa shape index (κ2) is 8.32. The van der Waals surface area contributed by atoms with E-state index in [1.165, 1.54) is 37.6 Å². The third-order valence-corrected chi connectivity index (χ3v) is 6.75. The normalized spacial score (nSPS) is 30.5. The number of nitrogens with one attached hydrogen (secondary N) is 2. The van der Waals surface area contributed by atoms with Crippen LogP contribution in [0.4, 0.5) is 8.78 Å². The van der Waals surface area contributed by atoms with Gasteiger partial charge in [-0.3, -0.25) is 9.59 Å². The van der Waals surface area contributed by atoms with Crippen LogP contribution >= 0.6 is 0 Å². The van der Waals surface area contributed by atoms with Gasteiger partial charge in [-0.05, 0) is 93.0 Å². The van der Waals surface area contributed by atoms with Crippen LogP contribution in [0.1, 0.15) is 51.0 Å². The van der Waals surface area contributed by atoms with Crippen molar-refractivity contribution in [1.82, 2.24) is 10.7 Å². The van der Waals surface area contributed by atoms with Gasteiger partial charge in [0.15, 0.2) is 0 Å². The van der Waals surface area contributed by atoms with E-state index in [1.807, 2.05) is 0 Å². The Kier molecular flexibility index (Phi) is 5.75. The van der Waals surface area contributed by atoms with Crippen LogP contribution in [0.5, 0.6) is 5.75 Å². The largest absolute Gasteiger partial charge is 0.435 e. The zero-order valence-electron chi connectivity index (χ0n) is 16.9. The van der Waals surface area contributed by atoms with Crippen LogP contribution in [-0.2, 0) is 9.59 Å². The Balaban J connectivity index is 1.28. The molecule has 1 aromatic rings. The zero-order valence-corrected chi connectivity index (χ0v) is 16.9. The first kappa shape index (κ1) is 20.8. The summed E-state index contributed by atoms with van der Waals surface area (Å²) in [6.07, 6.45) is 8.01. The Bertz CT molecular complexity index is 790. The monoisotopic (exact) mass is 419 g/mol. The molecule has 4 aliphatic rings. The Labute approximate surface area is 174 Å². The molecule has 0 saturated heterocycles. The molecule has 1 aromatic carbocycles. The summed E-state index contributed by atoms with van der Waals surface area (Å²) < 4.78 is 28.6. The Morgan fingerprint density at radius 3 is 2.20 bits per heavy atom. The Morgan fingerprint density at radius 1 is 1.10 bits per heavy atom. The van der Waals surface area contributed by atoms with Crippen molar-refractivity contribution >= 4 is 18.0 Å². The molecule has 4 fully saturated rings. The molecular formula is C22H27F2N3O3. The van der Waals surface area contributed by atoms with E-state index in [2.05, 4.69) is 20.6 Å². The summed E-state index contributed by atoms with van der Waals surface area (Å²) in [5.74, 6) is 1.63. The van der Waals surface area contributed by atoms with E-state index in [4.69, 9.17) is 0 Å². The highest BCUT2D eigenvalue weighted by Crippen LogP contribution is 2.60. The van der Waals surface area contributed by atoms with Crippen molar-refractivity contribution in [3.8, 4) is 5.75 Å². The lowest BCUT2D eigenvalue weighted by Gasteiger charge is -2.55. The second-order valence-electron chi connectivity index (χ2n) is 9.07. The molecule has 4 aliphatic carbocycles. The average molecular weight is 419 g/mol. The van der Waals surface area contributed by atoms with Crippen molar-refractivity contribution in [2.24, 2.45) is 28.3 Å². The first-order valence-corrected chi connectivity index (χ1v) is 10.5. The molecular weight excluding hydrogens is 392 g/mol. The Hall–Kier alpha value is -2.51. The van der Waals surface area contributed by atoms with Crippen LogP contribution < -0.4 is 15.5 Å². The minimum absolute atomic E-state index is 0.00264. The van der Waals surface area contributed by atoms with Gasteiger partial charge in [-0.15, -0.1) is 0 Å². The molecule has 4 saturated carbocycles. The summed E-state index contributed by atoms with van der Waals surface area (Å²) >= 11 is 0. The quantitative estimate of drug-likeness (QED) is 0.525. The van der Waals surface area contributed by atoms with E-state index < -0.39 is 18.6 Å². The first-order valence-electron chi connectivity index (χ1n) is 10.5. The van der Waals surface area contributed by atoms with Crippen LogP contribution in [0.3, 0.4) is 0 Å². The predicted molar refractivity (Wildman–Crippen MR) is 107 cm³/mol. The van der Waals surface area contributed by atoms with Crippen LogP contribution in [-0.4, -0.2) is 30.7 Å². The molecule has 0 radical (unpaired) electrons. The third kappa shape index (κ3) is 4.47. The van der Waals surface area contributed by atoms with Gasteiger partial charge in [0, 0.05) is 5.41 Å². The van der Waals surface area contributed by atoms with Gasteiger partial charge in [0.2, 0.25) is 5.91 Å². The summed E-state index contributed by atoms with van der Waals surface area (Å²) in [7, 11) is 0. The fourth-order valence-corrected chi connectivity index (χ4v) is 5.81. The molecule has 4 bridgehead atoms. The highest BCUT2D eigenvalue weighted by Gasteiger charge is 2.54. The van der Waals surface area contributed by atoms with Crippen molar-refractivity contribution in [1.29, 1.82) is 0 Å². The standard InChI is InChI=1S/C22H27F2N3O3/c1-13(19(28)27-25-12-14-2-4-18(5-3-14)30-21(23)24)26-20(29)22-9-15-6-16(10-22)8-17(7-15)11-22/h2-5,12-13,15-17,21H,6-11H2,1H3,(H,26,29)(H,27,28). The van der Waals surface area contributed by atoms with E-state index in [0.29, 0.717) is 23.3 Å². The zero-order chi connectivity index (χ0) is 21.3. The molecule has 0 spiro atoms. The molecule has 2 N–H and O–H groups in total. The van der Waals surface area contributed by atoms with Gasteiger partial charge in [0.05, 0.1) is 6.21 Å². The minimum Gasteiger partial charge on any atom is -0.435 e. The van der Waals surface area contributed by atoms with Crippen LogP contribution in [0.15, 0.2) is 29.4 Å². The van der Waals surface area contributed by atoms with Gasteiger partial charge in [-0.25, -0.2) is 5.43 Å². The summed E-state index contributed by atoms with van der Waals surface area (Å²) in [6, 6.07) is 5.19. The smallest absolute Gasteiger partial charge is 0.387 e. The number of rotatable bonds is 7. The van der Waals surface area contributed by atoms with Gasteiger partial charge >= 0.3 is 6.61 Å². The molecule has 2 amide bonds. The molecule has 1 unspecified atom stereocenters. The fourth-order valence-electron chi connectivity index (χ4n) is 5.81. The maximum Gasteiger partial charge on any atom is 0.387 e. The van der Waals surface area contributed by atoms with Crippen LogP contribution in [0.25, 0.3) is 0 Å². The molecule has 0 aromatic heterocycles. The highest BCUT2D eigenvalue weighted by atomic mass is 19.3. The number of halogens is 2. The number of carbonyl (C=O) groups is 2. The number of hydrazone groups is 1. The van der Waals surface area contributed by atoms with Crippen molar-refractivity contribution in [3.05, 3.63) is 29.8 Å². The SMILES string of the molecule is CC(NC(=O)C12CC3CC(CC(C3)C1)C2)C(=O)NN=Cc1ccc(OC(F)F)cc1. The van der Waals surface area contributed by atoms with Gasteiger partial charge in [0.1, 0.15) is 11.8 Å². The van der Waals surface area contributed by atoms with E-state index in [1.54, 1.807) is 19.1 Å². The molecule has 6 nitrogen and oxygen atoms in total. The molecule has 0 heterocycles. The lowest BCUT2D eigenvalue weighted by molar-refractivity contribution is -0.148. The molecule has 30 heavy (non-hydrogen) atoms. The predicted octanol–water partition coefficient (Wildman–Crippen LogP) is 3.46. The topological polar surface area (TPSA) is 79.8 Å². The first-order chi connectivity index (χ1) is 14.3. The molecule has 1 atom stereocenters. The van der Waals surface area contributed by atoms with E-state index in [0.717, 1.165) is 19.3 Å². The van der Waals surface area contributed by atoms with Crippen LogP contribution in [0.2, 0.25) is 0 Å². The summed E-state index contributed by atoms with van der Waals surface area (Å²) in [6.45, 7) is -1.22. The Morgan fingerprint density at radius 2 is 1.67 bits per heavy atom. The molecule has 8 heteroatoms. The maximum atomic E-state index is 13.0. The van der Waals surface area contributed by atoms with Gasteiger partial charge < -0.3 is 10.1 Å². The summed E-state index contributed by atoms with van der Waals surface area (Å²) in [5, 5.41) is 6.79. The van der Waals surface area contributed by atoms with E-state index >= 15 is 0 Å².